The average Bonchev–Trinajstić information content (AvgIpc) is 3.30. The van der Waals surface area contributed by atoms with E-state index in [9.17, 15) is 14.0 Å². The Morgan fingerprint density at radius 1 is 1.06 bits per heavy atom. The van der Waals surface area contributed by atoms with Gasteiger partial charge in [0, 0.05) is 17.5 Å². The van der Waals surface area contributed by atoms with Crippen LogP contribution in [-0.2, 0) is 14.3 Å². The zero-order chi connectivity index (χ0) is 24.9. The normalized spacial score (nSPS) is 12.2. The number of carbonyl (C=O) groups is 2. The first-order chi connectivity index (χ1) is 16.1. The molecule has 1 heterocycles. The van der Waals surface area contributed by atoms with Gasteiger partial charge in [0.25, 0.3) is 0 Å². The van der Waals surface area contributed by atoms with Gasteiger partial charge in [-0.3, -0.25) is 4.79 Å². The van der Waals surface area contributed by atoms with Gasteiger partial charge < -0.3 is 19.2 Å². The summed E-state index contributed by atoms with van der Waals surface area (Å²) in [5.74, 6) is -1.92. The molecule has 3 rings (SSSR count). The number of H-pyrrole nitrogens is 1. The predicted molar refractivity (Wildman–Crippen MR) is 127 cm³/mol. The van der Waals surface area contributed by atoms with E-state index in [1.165, 1.54) is 13.2 Å². The van der Waals surface area contributed by atoms with E-state index in [2.05, 4.69) is 4.98 Å². The Morgan fingerprint density at radius 3 is 2.44 bits per heavy atom. The van der Waals surface area contributed by atoms with Gasteiger partial charge >= 0.3 is 11.9 Å². The quantitative estimate of drug-likeness (QED) is 0.419. The number of rotatable bonds is 8. The first-order valence-electron chi connectivity index (χ1n) is 11.1. The van der Waals surface area contributed by atoms with Gasteiger partial charge in [0.05, 0.1) is 19.3 Å². The fraction of sp³-hybridized carbons (Fsp3) is 0.333. The van der Waals surface area contributed by atoms with Crippen LogP contribution in [0.3, 0.4) is 0 Å². The second kappa shape index (κ2) is 10.5. The number of hydrogen-bond donors (Lipinski definition) is 1. The fourth-order valence-electron chi connectivity index (χ4n) is 3.60. The van der Waals surface area contributed by atoms with E-state index in [1.54, 1.807) is 36.5 Å². The van der Waals surface area contributed by atoms with E-state index in [0.29, 0.717) is 34.7 Å². The number of hydrogen-bond acceptors (Lipinski definition) is 5. The Balaban J connectivity index is 2.17. The number of benzene rings is 2. The van der Waals surface area contributed by atoms with E-state index >= 15 is 0 Å². The molecular formula is C27H30FNO5. The second-order valence-corrected chi connectivity index (χ2v) is 8.91. The van der Waals surface area contributed by atoms with Crippen LogP contribution in [0.25, 0.3) is 11.1 Å². The number of carbonyl (C=O) groups excluding carboxylic acids is 2. The van der Waals surface area contributed by atoms with Crippen molar-refractivity contribution in [1.82, 2.24) is 4.98 Å². The highest BCUT2D eigenvalue weighted by Crippen LogP contribution is 2.37. The van der Waals surface area contributed by atoms with Crippen LogP contribution < -0.4 is 4.74 Å². The zero-order valence-electron chi connectivity index (χ0n) is 20.1. The van der Waals surface area contributed by atoms with Crippen molar-refractivity contribution in [2.75, 3.05) is 13.7 Å². The van der Waals surface area contributed by atoms with E-state index < -0.39 is 29.3 Å². The van der Waals surface area contributed by atoms with E-state index in [1.807, 2.05) is 33.8 Å². The lowest BCUT2D eigenvalue weighted by Gasteiger charge is -2.25. The Hall–Kier alpha value is -3.61. The molecule has 0 aliphatic carbocycles. The molecule has 1 unspecified atom stereocenters. The van der Waals surface area contributed by atoms with Gasteiger partial charge in [-0.15, -0.1) is 0 Å². The topological polar surface area (TPSA) is 77.6 Å². The van der Waals surface area contributed by atoms with Crippen molar-refractivity contribution in [2.24, 2.45) is 0 Å². The molecule has 2 aromatic carbocycles. The number of aromatic nitrogens is 1. The van der Waals surface area contributed by atoms with Crippen LogP contribution in [0.15, 0.2) is 54.7 Å². The molecule has 0 radical (unpaired) electrons. The number of esters is 2. The van der Waals surface area contributed by atoms with Crippen LogP contribution in [0.5, 0.6) is 5.75 Å². The molecule has 0 aliphatic heterocycles. The van der Waals surface area contributed by atoms with Crippen molar-refractivity contribution in [2.45, 2.75) is 45.6 Å². The number of ether oxygens (including phenoxy) is 3. The highest BCUT2D eigenvalue weighted by molar-refractivity contribution is 5.91. The molecule has 7 heteroatoms. The van der Waals surface area contributed by atoms with Gasteiger partial charge in [0.2, 0.25) is 0 Å². The molecule has 180 valence electrons. The minimum atomic E-state index is -0.797. The lowest BCUT2D eigenvalue weighted by molar-refractivity contribution is -0.155. The van der Waals surface area contributed by atoms with E-state index in [-0.39, 0.29) is 5.56 Å². The van der Waals surface area contributed by atoms with Crippen LogP contribution in [-0.4, -0.2) is 36.2 Å². The van der Waals surface area contributed by atoms with Gasteiger partial charge in [-0.2, -0.15) is 0 Å². The van der Waals surface area contributed by atoms with Crippen molar-refractivity contribution >= 4 is 11.9 Å². The summed E-state index contributed by atoms with van der Waals surface area (Å²) in [5, 5.41) is 0. The average molecular weight is 468 g/mol. The molecule has 6 nitrogen and oxygen atoms in total. The Morgan fingerprint density at radius 2 is 1.82 bits per heavy atom. The third-order valence-corrected chi connectivity index (χ3v) is 5.01. The summed E-state index contributed by atoms with van der Waals surface area (Å²) < 4.78 is 30.8. The second-order valence-electron chi connectivity index (χ2n) is 8.91. The molecular weight excluding hydrogens is 437 g/mol. The molecule has 0 saturated carbocycles. The molecule has 0 amide bonds. The maximum absolute atomic E-state index is 14.3. The lowest BCUT2D eigenvalue weighted by atomic mass is 9.91. The Bertz CT molecular complexity index is 1150. The third kappa shape index (κ3) is 6.04. The minimum absolute atomic E-state index is 0.0958. The van der Waals surface area contributed by atoms with Crippen LogP contribution in [0.2, 0.25) is 0 Å². The SMILES string of the molecule is CCCOc1ccc(-c2cc(F)cc(C(=O)OC)c2)cc1C(C(=O)OC(C)(C)C)c1ccc[nH]1. The molecule has 0 fully saturated rings. The van der Waals surface area contributed by atoms with E-state index in [0.717, 1.165) is 12.5 Å². The predicted octanol–water partition coefficient (Wildman–Crippen LogP) is 5.87. The van der Waals surface area contributed by atoms with Crippen LogP contribution in [0.4, 0.5) is 4.39 Å². The van der Waals surface area contributed by atoms with E-state index in [4.69, 9.17) is 14.2 Å². The van der Waals surface area contributed by atoms with Crippen molar-refractivity contribution < 1.29 is 28.2 Å². The molecule has 3 aromatic rings. The van der Waals surface area contributed by atoms with Crippen LogP contribution in [0.1, 0.15) is 61.6 Å². The van der Waals surface area contributed by atoms with Crippen molar-refractivity contribution in [3.05, 3.63) is 77.4 Å². The highest BCUT2D eigenvalue weighted by atomic mass is 19.1. The Labute approximate surface area is 199 Å². The summed E-state index contributed by atoms with van der Waals surface area (Å²) >= 11 is 0. The molecule has 0 bridgehead atoms. The summed E-state index contributed by atoms with van der Waals surface area (Å²) in [6, 6.07) is 12.9. The first-order valence-corrected chi connectivity index (χ1v) is 11.1. The molecule has 1 aromatic heterocycles. The van der Waals surface area contributed by atoms with Crippen molar-refractivity contribution in [3.63, 3.8) is 0 Å². The lowest BCUT2D eigenvalue weighted by Crippen LogP contribution is -2.28. The number of aromatic amines is 1. The molecule has 0 saturated heterocycles. The van der Waals surface area contributed by atoms with Gasteiger partial charge in [0.15, 0.2) is 0 Å². The summed E-state index contributed by atoms with van der Waals surface area (Å²) in [6.45, 7) is 7.88. The van der Waals surface area contributed by atoms with Crippen LogP contribution >= 0.6 is 0 Å². The molecule has 0 spiro atoms. The fourth-order valence-corrected chi connectivity index (χ4v) is 3.60. The number of halogens is 1. The summed E-state index contributed by atoms with van der Waals surface area (Å²) in [7, 11) is 1.24. The van der Waals surface area contributed by atoms with Crippen molar-refractivity contribution in [3.8, 4) is 16.9 Å². The third-order valence-electron chi connectivity index (χ3n) is 5.01. The minimum Gasteiger partial charge on any atom is -0.493 e. The van der Waals surface area contributed by atoms with Crippen molar-refractivity contribution in [1.29, 1.82) is 0 Å². The smallest absolute Gasteiger partial charge is 0.337 e. The molecule has 0 aliphatic rings. The monoisotopic (exact) mass is 467 g/mol. The van der Waals surface area contributed by atoms with Gasteiger partial charge in [-0.05, 0) is 80.8 Å². The summed E-state index contributed by atoms with van der Waals surface area (Å²) in [6.07, 6.45) is 2.52. The number of nitrogens with one attached hydrogen (secondary N) is 1. The number of methoxy groups -OCH3 is 1. The summed E-state index contributed by atoms with van der Waals surface area (Å²) in [4.78, 5) is 28.5. The highest BCUT2D eigenvalue weighted by Gasteiger charge is 2.32. The van der Waals surface area contributed by atoms with Crippen LogP contribution in [0, 0.1) is 5.82 Å². The van der Waals surface area contributed by atoms with Gasteiger partial charge in [-0.25, -0.2) is 9.18 Å². The maximum atomic E-state index is 14.3. The molecule has 1 atom stereocenters. The molecule has 34 heavy (non-hydrogen) atoms. The van der Waals surface area contributed by atoms with Gasteiger partial charge in [-0.1, -0.05) is 13.0 Å². The van der Waals surface area contributed by atoms with Gasteiger partial charge in [0.1, 0.15) is 23.1 Å². The maximum Gasteiger partial charge on any atom is 0.337 e. The standard InChI is InChI=1S/C27H30FNO5/c1-6-12-33-23-10-9-17(18-13-19(25(30)32-5)15-20(28)14-18)16-21(23)24(22-8-7-11-29-22)26(31)34-27(2,3)4/h7-11,13-16,24,29H,6,12H2,1-5H3. The first kappa shape index (κ1) is 25.0. The molecule has 1 N–H and O–H groups in total. The largest absolute Gasteiger partial charge is 0.493 e. The summed E-state index contributed by atoms with van der Waals surface area (Å²) in [5.41, 5.74) is 1.70. The Kier molecular flexibility index (Phi) is 7.76. The zero-order valence-corrected chi connectivity index (χ0v) is 20.1.